The SMILES string of the molecule is CCCc1nc(C(=O)N[C@@H]2COCC[C@@H]2Oc2cccc(F)c2)cs1. The van der Waals surface area contributed by atoms with Crippen LogP contribution in [0.1, 0.15) is 35.3 Å². The molecule has 5 nitrogen and oxygen atoms in total. The minimum Gasteiger partial charge on any atom is -0.488 e. The maximum atomic E-state index is 13.3. The highest BCUT2D eigenvalue weighted by atomic mass is 32.1. The Balaban J connectivity index is 1.64. The van der Waals surface area contributed by atoms with Gasteiger partial charge in [-0.1, -0.05) is 13.0 Å². The predicted octanol–water partition coefficient (Wildman–Crippen LogP) is 3.20. The van der Waals surface area contributed by atoms with Crippen LogP contribution in [0.2, 0.25) is 0 Å². The first-order valence-corrected chi connectivity index (χ1v) is 9.29. The highest BCUT2D eigenvalue weighted by Gasteiger charge is 2.30. The molecule has 1 aromatic carbocycles. The lowest BCUT2D eigenvalue weighted by molar-refractivity contribution is -0.00303. The third kappa shape index (κ3) is 4.76. The second kappa shape index (κ2) is 8.40. The normalized spacial score (nSPS) is 20.2. The van der Waals surface area contributed by atoms with Crippen molar-refractivity contribution in [1.82, 2.24) is 10.3 Å². The fourth-order valence-electron chi connectivity index (χ4n) is 2.70. The van der Waals surface area contributed by atoms with Gasteiger partial charge in [0.25, 0.3) is 5.91 Å². The number of carbonyl (C=O) groups excluding carboxylic acids is 1. The second-order valence-corrected chi connectivity index (χ2v) is 6.88. The lowest BCUT2D eigenvalue weighted by Gasteiger charge is -2.32. The van der Waals surface area contributed by atoms with Crippen molar-refractivity contribution in [2.24, 2.45) is 0 Å². The molecule has 3 rings (SSSR count). The van der Waals surface area contributed by atoms with Crippen LogP contribution in [0.4, 0.5) is 4.39 Å². The summed E-state index contributed by atoms with van der Waals surface area (Å²) in [4.78, 5) is 16.8. The molecule has 7 heteroatoms. The lowest BCUT2D eigenvalue weighted by Crippen LogP contribution is -2.51. The molecule has 2 atom stereocenters. The minimum atomic E-state index is -0.351. The van der Waals surface area contributed by atoms with Gasteiger partial charge in [-0.15, -0.1) is 11.3 Å². The van der Waals surface area contributed by atoms with Gasteiger partial charge in [0.1, 0.15) is 23.4 Å². The number of amides is 1. The van der Waals surface area contributed by atoms with Gasteiger partial charge in [0.05, 0.1) is 24.3 Å². The summed E-state index contributed by atoms with van der Waals surface area (Å²) in [7, 11) is 0. The molecule has 1 aromatic heterocycles. The average Bonchev–Trinajstić information content (AvgIpc) is 3.06. The third-order valence-corrected chi connectivity index (χ3v) is 4.85. The quantitative estimate of drug-likeness (QED) is 0.855. The van der Waals surface area contributed by atoms with Crippen LogP contribution < -0.4 is 10.1 Å². The number of aromatic nitrogens is 1. The molecule has 0 bridgehead atoms. The van der Waals surface area contributed by atoms with Crippen LogP contribution >= 0.6 is 11.3 Å². The predicted molar refractivity (Wildman–Crippen MR) is 93.6 cm³/mol. The van der Waals surface area contributed by atoms with E-state index in [9.17, 15) is 9.18 Å². The molecule has 0 radical (unpaired) electrons. The third-order valence-electron chi connectivity index (χ3n) is 3.94. The number of carbonyl (C=O) groups is 1. The summed E-state index contributed by atoms with van der Waals surface area (Å²) in [6, 6.07) is 5.70. The highest BCUT2D eigenvalue weighted by Crippen LogP contribution is 2.20. The Morgan fingerprint density at radius 3 is 3.20 bits per heavy atom. The molecule has 1 amide bonds. The molecule has 0 aliphatic carbocycles. The van der Waals surface area contributed by atoms with E-state index in [0.717, 1.165) is 17.8 Å². The van der Waals surface area contributed by atoms with Crippen LogP contribution in [0.3, 0.4) is 0 Å². The summed E-state index contributed by atoms with van der Waals surface area (Å²) in [5, 5.41) is 5.67. The van der Waals surface area contributed by atoms with Crippen molar-refractivity contribution in [1.29, 1.82) is 0 Å². The minimum absolute atomic E-state index is 0.234. The van der Waals surface area contributed by atoms with E-state index in [4.69, 9.17) is 9.47 Å². The van der Waals surface area contributed by atoms with Crippen LogP contribution in [0.15, 0.2) is 29.6 Å². The first kappa shape index (κ1) is 17.8. The lowest BCUT2D eigenvalue weighted by atomic mass is 10.1. The van der Waals surface area contributed by atoms with E-state index in [0.29, 0.717) is 31.1 Å². The molecule has 1 saturated heterocycles. The number of aryl methyl sites for hydroxylation is 1. The Kier molecular flexibility index (Phi) is 5.99. The molecule has 0 spiro atoms. The van der Waals surface area contributed by atoms with Gasteiger partial charge >= 0.3 is 0 Å². The van der Waals surface area contributed by atoms with Gasteiger partial charge in [0.15, 0.2) is 0 Å². The van der Waals surface area contributed by atoms with E-state index in [1.807, 2.05) is 0 Å². The van der Waals surface area contributed by atoms with Crippen LogP contribution in [-0.4, -0.2) is 36.3 Å². The van der Waals surface area contributed by atoms with Crippen molar-refractivity contribution < 1.29 is 18.7 Å². The molecule has 0 unspecified atom stereocenters. The van der Waals surface area contributed by atoms with Crippen LogP contribution in [-0.2, 0) is 11.2 Å². The van der Waals surface area contributed by atoms with Gasteiger partial charge in [0, 0.05) is 17.9 Å². The number of nitrogens with one attached hydrogen (secondary N) is 1. The maximum Gasteiger partial charge on any atom is 0.271 e. The Hall–Kier alpha value is -1.99. The van der Waals surface area contributed by atoms with E-state index < -0.39 is 0 Å². The smallest absolute Gasteiger partial charge is 0.271 e. The van der Waals surface area contributed by atoms with Gasteiger partial charge in [-0.25, -0.2) is 9.37 Å². The van der Waals surface area contributed by atoms with E-state index in [2.05, 4.69) is 17.2 Å². The van der Waals surface area contributed by atoms with Gasteiger partial charge in [-0.2, -0.15) is 0 Å². The number of benzene rings is 1. The van der Waals surface area contributed by atoms with Crippen LogP contribution in [0.5, 0.6) is 5.75 Å². The number of halogens is 1. The van der Waals surface area contributed by atoms with Crippen molar-refractivity contribution in [2.45, 2.75) is 38.3 Å². The summed E-state index contributed by atoms with van der Waals surface area (Å²) in [5.74, 6) is -0.136. The van der Waals surface area contributed by atoms with Crippen molar-refractivity contribution in [3.8, 4) is 5.75 Å². The molecule has 2 aromatic rings. The summed E-state index contributed by atoms with van der Waals surface area (Å²) < 4.78 is 24.7. The molecule has 1 N–H and O–H groups in total. The van der Waals surface area contributed by atoms with E-state index in [1.54, 1.807) is 17.5 Å². The number of ether oxygens (including phenoxy) is 2. The van der Waals surface area contributed by atoms with E-state index in [-0.39, 0.29) is 23.9 Å². The molecular formula is C18H21FN2O3S. The van der Waals surface area contributed by atoms with Gasteiger partial charge in [0.2, 0.25) is 0 Å². The molecule has 1 fully saturated rings. The largest absolute Gasteiger partial charge is 0.488 e. The Labute approximate surface area is 150 Å². The fraction of sp³-hybridized carbons (Fsp3) is 0.444. The van der Waals surface area contributed by atoms with Crippen molar-refractivity contribution in [2.75, 3.05) is 13.2 Å². The zero-order chi connectivity index (χ0) is 17.6. The number of nitrogens with zero attached hydrogens (tertiary/aromatic N) is 1. The number of hydrogen-bond acceptors (Lipinski definition) is 5. The fourth-order valence-corrected chi connectivity index (χ4v) is 3.58. The molecule has 1 aliphatic rings. The zero-order valence-electron chi connectivity index (χ0n) is 14.0. The average molecular weight is 364 g/mol. The van der Waals surface area contributed by atoms with E-state index in [1.165, 1.54) is 23.5 Å². The summed E-state index contributed by atoms with van der Waals surface area (Å²) in [6.07, 6.45) is 2.22. The Morgan fingerprint density at radius 2 is 2.40 bits per heavy atom. The van der Waals surface area contributed by atoms with Gasteiger partial charge in [-0.3, -0.25) is 4.79 Å². The first-order valence-electron chi connectivity index (χ1n) is 8.41. The topological polar surface area (TPSA) is 60.5 Å². The molecular weight excluding hydrogens is 343 g/mol. The van der Waals surface area contributed by atoms with E-state index >= 15 is 0 Å². The van der Waals surface area contributed by atoms with Crippen molar-refractivity contribution in [3.63, 3.8) is 0 Å². The molecule has 134 valence electrons. The van der Waals surface area contributed by atoms with Crippen molar-refractivity contribution in [3.05, 3.63) is 46.2 Å². The molecule has 2 heterocycles. The van der Waals surface area contributed by atoms with Gasteiger partial charge < -0.3 is 14.8 Å². The number of rotatable bonds is 6. The Morgan fingerprint density at radius 1 is 1.52 bits per heavy atom. The highest BCUT2D eigenvalue weighted by molar-refractivity contribution is 7.09. The first-order chi connectivity index (χ1) is 12.2. The monoisotopic (exact) mass is 364 g/mol. The number of hydrogen-bond donors (Lipinski definition) is 1. The summed E-state index contributed by atoms with van der Waals surface area (Å²) in [5.41, 5.74) is 0.420. The summed E-state index contributed by atoms with van der Waals surface area (Å²) in [6.45, 7) is 2.98. The zero-order valence-corrected chi connectivity index (χ0v) is 14.9. The van der Waals surface area contributed by atoms with Crippen LogP contribution in [0.25, 0.3) is 0 Å². The number of thiazole rings is 1. The van der Waals surface area contributed by atoms with Gasteiger partial charge in [-0.05, 0) is 25.0 Å². The maximum absolute atomic E-state index is 13.3. The standard InChI is InChI=1S/C18H21FN2O3S/c1-2-4-17-20-15(11-25-17)18(22)21-14-10-23-8-7-16(14)24-13-6-3-5-12(19)9-13/h3,5-6,9,11,14,16H,2,4,7-8,10H2,1H3,(H,21,22)/t14-,16+/m1/s1. The second-order valence-electron chi connectivity index (χ2n) is 5.93. The van der Waals surface area contributed by atoms with Crippen LogP contribution in [0, 0.1) is 5.82 Å². The van der Waals surface area contributed by atoms with Crippen molar-refractivity contribution >= 4 is 17.2 Å². The summed E-state index contributed by atoms with van der Waals surface area (Å²) >= 11 is 1.49. The molecule has 25 heavy (non-hydrogen) atoms. The molecule has 1 aliphatic heterocycles. The molecule has 0 saturated carbocycles. The Bertz CT molecular complexity index is 722.